The van der Waals surface area contributed by atoms with Crippen molar-refractivity contribution in [3.05, 3.63) is 24.3 Å². The fourth-order valence-corrected chi connectivity index (χ4v) is 2.97. The molecular formula is C19H30O4. The molecule has 0 aromatic carbocycles. The lowest BCUT2D eigenvalue weighted by molar-refractivity contribution is -0.140. The van der Waals surface area contributed by atoms with Crippen LogP contribution < -0.4 is 0 Å². The second-order valence-corrected chi connectivity index (χ2v) is 6.22. The molecule has 0 radical (unpaired) electrons. The summed E-state index contributed by atoms with van der Waals surface area (Å²) in [5, 5.41) is 10.7. The Morgan fingerprint density at radius 2 is 1.96 bits per heavy atom. The summed E-state index contributed by atoms with van der Waals surface area (Å²) in [6, 6.07) is 0. The summed E-state index contributed by atoms with van der Waals surface area (Å²) in [4.78, 5) is 22.9. The fourth-order valence-electron chi connectivity index (χ4n) is 2.97. The highest BCUT2D eigenvalue weighted by molar-refractivity contribution is 6.00. The molecule has 1 N–H and O–H groups in total. The molecule has 0 bridgehead atoms. The maximum absolute atomic E-state index is 12.0. The van der Waals surface area contributed by atoms with Crippen LogP contribution in [0.4, 0.5) is 0 Å². The number of ketones is 1. The van der Waals surface area contributed by atoms with Gasteiger partial charge in [0.15, 0.2) is 5.78 Å². The molecule has 0 heterocycles. The van der Waals surface area contributed by atoms with E-state index in [1.165, 1.54) is 13.2 Å². The van der Waals surface area contributed by atoms with Crippen LogP contribution in [0.25, 0.3) is 0 Å². The Bertz CT molecular complexity index is 439. The molecule has 1 aliphatic carbocycles. The number of ether oxygens (including phenoxy) is 1. The molecule has 0 spiro atoms. The van der Waals surface area contributed by atoms with Gasteiger partial charge in [0.05, 0.1) is 7.11 Å². The first-order valence-electron chi connectivity index (χ1n) is 8.71. The Labute approximate surface area is 139 Å². The topological polar surface area (TPSA) is 63.6 Å². The minimum absolute atomic E-state index is 0.0772. The smallest absolute Gasteiger partial charge is 0.305 e. The largest absolute Gasteiger partial charge is 0.469 e. The lowest BCUT2D eigenvalue weighted by Gasteiger charge is -2.27. The van der Waals surface area contributed by atoms with Crippen molar-refractivity contribution in [2.75, 3.05) is 7.11 Å². The molecule has 0 saturated carbocycles. The van der Waals surface area contributed by atoms with E-state index in [0.29, 0.717) is 12.8 Å². The number of esters is 1. The van der Waals surface area contributed by atoms with Crippen molar-refractivity contribution in [2.45, 2.75) is 70.3 Å². The van der Waals surface area contributed by atoms with Gasteiger partial charge < -0.3 is 9.84 Å². The average Bonchev–Trinajstić information content (AvgIpc) is 2.82. The molecule has 2 unspecified atom stereocenters. The van der Waals surface area contributed by atoms with Crippen LogP contribution in [0.15, 0.2) is 24.3 Å². The summed E-state index contributed by atoms with van der Waals surface area (Å²) in [7, 11) is 1.41. The number of unbranched alkanes of at least 4 members (excludes halogenated alkanes) is 4. The van der Waals surface area contributed by atoms with E-state index in [0.717, 1.165) is 44.9 Å². The van der Waals surface area contributed by atoms with Crippen molar-refractivity contribution >= 4 is 11.8 Å². The van der Waals surface area contributed by atoms with Crippen LogP contribution in [0.2, 0.25) is 0 Å². The molecule has 23 heavy (non-hydrogen) atoms. The number of carbonyl (C=O) groups is 2. The van der Waals surface area contributed by atoms with Gasteiger partial charge in [-0.25, -0.2) is 0 Å². The molecule has 0 amide bonds. The van der Waals surface area contributed by atoms with Crippen LogP contribution in [0.3, 0.4) is 0 Å². The van der Waals surface area contributed by atoms with E-state index in [4.69, 9.17) is 0 Å². The van der Waals surface area contributed by atoms with Gasteiger partial charge in [-0.15, -0.1) is 0 Å². The molecule has 0 fully saturated rings. The monoisotopic (exact) mass is 322 g/mol. The third-order valence-electron chi connectivity index (χ3n) is 4.48. The number of methoxy groups -OCH3 is 1. The number of aliphatic hydroxyl groups is 1. The molecule has 4 heteroatoms. The van der Waals surface area contributed by atoms with Gasteiger partial charge in [-0.1, -0.05) is 50.8 Å². The molecule has 1 aliphatic rings. The molecule has 0 aliphatic heterocycles. The first-order chi connectivity index (χ1) is 11.0. The van der Waals surface area contributed by atoms with Crippen molar-refractivity contribution in [3.63, 3.8) is 0 Å². The van der Waals surface area contributed by atoms with E-state index in [1.54, 1.807) is 0 Å². The number of carbonyl (C=O) groups excluding carboxylic acids is 2. The highest BCUT2D eigenvalue weighted by atomic mass is 16.5. The first-order valence-corrected chi connectivity index (χ1v) is 8.71. The van der Waals surface area contributed by atoms with E-state index in [-0.39, 0.29) is 17.7 Å². The second-order valence-electron chi connectivity index (χ2n) is 6.22. The summed E-state index contributed by atoms with van der Waals surface area (Å²) >= 11 is 0. The highest BCUT2D eigenvalue weighted by Crippen LogP contribution is 2.34. The van der Waals surface area contributed by atoms with Crippen LogP contribution in [0.1, 0.15) is 64.7 Å². The molecule has 1 rings (SSSR count). The number of allylic oxidation sites excluding steroid dienone is 1. The molecule has 0 aromatic rings. The molecular weight excluding hydrogens is 292 g/mol. The van der Waals surface area contributed by atoms with Crippen LogP contribution in [0, 0.1) is 5.92 Å². The maximum Gasteiger partial charge on any atom is 0.305 e. The van der Waals surface area contributed by atoms with Crippen molar-refractivity contribution < 1.29 is 19.4 Å². The van der Waals surface area contributed by atoms with E-state index in [9.17, 15) is 14.7 Å². The van der Waals surface area contributed by atoms with Gasteiger partial charge in [0.2, 0.25) is 0 Å². The zero-order chi connectivity index (χ0) is 17.1. The van der Waals surface area contributed by atoms with Crippen LogP contribution in [-0.2, 0) is 14.3 Å². The van der Waals surface area contributed by atoms with Gasteiger partial charge in [0, 0.05) is 18.8 Å². The van der Waals surface area contributed by atoms with Crippen molar-refractivity contribution in [3.8, 4) is 0 Å². The van der Waals surface area contributed by atoms with E-state index in [2.05, 4.69) is 4.74 Å². The molecule has 2 atom stereocenters. The zero-order valence-electron chi connectivity index (χ0n) is 14.4. The van der Waals surface area contributed by atoms with Crippen LogP contribution in [-0.4, -0.2) is 29.6 Å². The van der Waals surface area contributed by atoms with Gasteiger partial charge in [-0.05, 0) is 25.3 Å². The minimum Gasteiger partial charge on any atom is -0.469 e. The Morgan fingerprint density at radius 3 is 2.65 bits per heavy atom. The van der Waals surface area contributed by atoms with Crippen molar-refractivity contribution in [1.29, 1.82) is 0 Å². The third-order valence-corrected chi connectivity index (χ3v) is 4.48. The quantitative estimate of drug-likeness (QED) is 0.358. The summed E-state index contributed by atoms with van der Waals surface area (Å²) < 4.78 is 4.61. The van der Waals surface area contributed by atoms with Gasteiger partial charge in [0.1, 0.15) is 5.60 Å². The Hall–Kier alpha value is -1.42. The predicted molar refractivity (Wildman–Crippen MR) is 91.0 cm³/mol. The van der Waals surface area contributed by atoms with Crippen molar-refractivity contribution in [2.24, 2.45) is 5.92 Å². The van der Waals surface area contributed by atoms with Crippen molar-refractivity contribution in [1.82, 2.24) is 0 Å². The van der Waals surface area contributed by atoms with Gasteiger partial charge in [0.25, 0.3) is 0 Å². The fraction of sp³-hybridized carbons (Fsp3) is 0.684. The molecule has 4 nitrogen and oxygen atoms in total. The van der Waals surface area contributed by atoms with E-state index in [1.807, 2.05) is 25.2 Å². The SMILES string of the molecule is CCC=CCC1(O)C(=O)C=CC1CCCCCCCC(=O)OC. The van der Waals surface area contributed by atoms with Gasteiger partial charge in [-0.3, -0.25) is 9.59 Å². The first kappa shape index (κ1) is 19.6. The Balaban J connectivity index is 2.25. The molecule has 130 valence electrons. The van der Waals surface area contributed by atoms with E-state index < -0.39 is 5.60 Å². The lowest BCUT2D eigenvalue weighted by Crippen LogP contribution is -2.40. The number of rotatable bonds is 11. The summed E-state index contributed by atoms with van der Waals surface area (Å²) in [5.41, 5.74) is -1.24. The molecule has 0 saturated heterocycles. The number of hydrogen-bond acceptors (Lipinski definition) is 4. The average molecular weight is 322 g/mol. The van der Waals surface area contributed by atoms with Crippen LogP contribution >= 0.6 is 0 Å². The summed E-state index contributed by atoms with van der Waals surface area (Å²) in [6.07, 6.45) is 14.9. The van der Waals surface area contributed by atoms with E-state index >= 15 is 0 Å². The lowest BCUT2D eigenvalue weighted by atomic mass is 9.82. The Kier molecular flexibility index (Phi) is 8.85. The van der Waals surface area contributed by atoms with Crippen LogP contribution in [0.5, 0.6) is 0 Å². The Morgan fingerprint density at radius 1 is 1.26 bits per heavy atom. The maximum atomic E-state index is 12.0. The molecule has 0 aromatic heterocycles. The summed E-state index contributed by atoms with van der Waals surface area (Å²) in [6.45, 7) is 2.03. The normalized spacial score (nSPS) is 23.8. The minimum atomic E-state index is -1.24. The second kappa shape index (κ2) is 10.4. The highest BCUT2D eigenvalue weighted by Gasteiger charge is 2.43. The standard InChI is InChI=1S/C19H30O4/c1-3-4-10-15-19(22)16(13-14-17(19)20)11-8-6-5-7-9-12-18(21)23-2/h4,10,13-14,16,22H,3,5-9,11-12,15H2,1-2H3. The van der Waals surface area contributed by atoms with Gasteiger partial charge in [-0.2, -0.15) is 0 Å². The summed E-state index contributed by atoms with van der Waals surface area (Å²) in [5.74, 6) is -0.391. The third kappa shape index (κ3) is 6.30. The van der Waals surface area contributed by atoms with Gasteiger partial charge >= 0.3 is 5.97 Å². The number of hydrogen-bond donors (Lipinski definition) is 1. The predicted octanol–water partition coefficient (Wildman–Crippen LogP) is 3.73. The zero-order valence-corrected chi connectivity index (χ0v) is 14.4.